The number of nitrogens with zero attached hydrogens (tertiary/aromatic N) is 4. The van der Waals surface area contributed by atoms with Crippen molar-refractivity contribution in [1.82, 2.24) is 41.9 Å². The van der Waals surface area contributed by atoms with Crippen LogP contribution in [0.5, 0.6) is 0 Å². The zero-order valence-corrected chi connectivity index (χ0v) is 28.0. The number of hydrogen-bond donors (Lipinski definition) is 5. The van der Waals surface area contributed by atoms with E-state index < -0.39 is 5.41 Å². The second kappa shape index (κ2) is 15.7. The lowest BCUT2D eigenvalue weighted by molar-refractivity contribution is 0.0955. The van der Waals surface area contributed by atoms with Crippen LogP contribution in [0.2, 0.25) is 0 Å². The Morgan fingerprint density at radius 3 is 2.26 bits per heavy atom. The molecule has 2 unspecified atom stereocenters. The van der Waals surface area contributed by atoms with Gasteiger partial charge in [0.1, 0.15) is 6.04 Å². The fourth-order valence-corrected chi connectivity index (χ4v) is 6.49. The molecular weight excluding hydrogens is 574 g/mol. The van der Waals surface area contributed by atoms with E-state index in [0.29, 0.717) is 36.8 Å². The highest BCUT2D eigenvalue weighted by Gasteiger charge is 2.45. The van der Waals surface area contributed by atoms with E-state index in [1.165, 1.54) is 5.56 Å². The average Bonchev–Trinajstić information content (AvgIpc) is 3.56. The minimum atomic E-state index is -0.765. The number of hydrogen-bond acceptors (Lipinski definition) is 8. The third-order valence-electron chi connectivity index (χ3n) is 9.00. The number of tetrazole rings is 1. The summed E-state index contributed by atoms with van der Waals surface area (Å²) in [5, 5.41) is 38.9. The average molecular weight is 624 g/mol. The molecule has 10 heteroatoms. The lowest BCUT2D eigenvalue weighted by Crippen LogP contribution is -2.42. The summed E-state index contributed by atoms with van der Waals surface area (Å²) in [5.74, 6) is 0.933. The first-order valence-corrected chi connectivity index (χ1v) is 16.5. The number of H-pyrrole nitrogens is 1. The topological polar surface area (TPSA) is 143 Å². The van der Waals surface area contributed by atoms with Crippen molar-refractivity contribution in [2.45, 2.75) is 84.2 Å². The van der Waals surface area contributed by atoms with Crippen LogP contribution >= 0.6 is 0 Å². The number of aryl methyl sites for hydroxylation is 2. The van der Waals surface area contributed by atoms with Crippen molar-refractivity contribution >= 4 is 11.6 Å². The van der Waals surface area contributed by atoms with E-state index in [9.17, 15) is 10.1 Å². The van der Waals surface area contributed by atoms with E-state index in [4.69, 9.17) is 0 Å². The minimum absolute atomic E-state index is 0.0228. The molecule has 1 amide bonds. The van der Waals surface area contributed by atoms with Gasteiger partial charge < -0.3 is 21.3 Å². The number of nitriles is 1. The highest BCUT2D eigenvalue weighted by Crippen LogP contribution is 2.47. The van der Waals surface area contributed by atoms with Crippen LogP contribution in [-0.4, -0.2) is 58.2 Å². The molecule has 0 bridgehead atoms. The highest BCUT2D eigenvalue weighted by molar-refractivity contribution is 5.94. The number of aromatic nitrogens is 4. The smallest absolute Gasteiger partial charge is 0.251 e. The first-order chi connectivity index (χ1) is 22.2. The zero-order chi connectivity index (χ0) is 33.3. The molecule has 0 aliphatic heterocycles. The summed E-state index contributed by atoms with van der Waals surface area (Å²) < 4.78 is 0. The number of nitrogens with one attached hydrogen (secondary N) is 5. The van der Waals surface area contributed by atoms with Crippen LogP contribution in [0, 0.1) is 17.2 Å². The molecule has 5 N–H and O–H groups in total. The van der Waals surface area contributed by atoms with E-state index in [2.05, 4.69) is 113 Å². The molecule has 3 aromatic rings. The van der Waals surface area contributed by atoms with Gasteiger partial charge in [-0.05, 0) is 98.4 Å². The van der Waals surface area contributed by atoms with Gasteiger partial charge in [0.25, 0.3) is 5.91 Å². The molecule has 1 aliphatic carbocycles. The van der Waals surface area contributed by atoms with Gasteiger partial charge in [-0.25, -0.2) is 0 Å². The van der Waals surface area contributed by atoms with Crippen LogP contribution in [-0.2, 0) is 18.3 Å². The molecule has 1 heterocycles. The number of benzene rings is 2. The largest absolute Gasteiger partial charge is 0.385 e. The summed E-state index contributed by atoms with van der Waals surface area (Å²) in [6, 6.07) is 14.6. The maximum Gasteiger partial charge on any atom is 0.251 e. The van der Waals surface area contributed by atoms with Gasteiger partial charge in [0, 0.05) is 42.6 Å². The third-order valence-corrected chi connectivity index (χ3v) is 9.00. The van der Waals surface area contributed by atoms with Gasteiger partial charge in [-0.3, -0.25) is 4.79 Å². The number of fused-ring (bicyclic) bond motifs is 2. The monoisotopic (exact) mass is 623 g/mol. The second-order valence-corrected chi connectivity index (χ2v) is 12.4. The molecular formula is C36H49N9O. The maximum atomic E-state index is 12.9. The van der Waals surface area contributed by atoms with Crippen molar-refractivity contribution in [3.63, 3.8) is 0 Å². The number of carbonyl (C=O) groups is 1. The molecule has 0 saturated heterocycles. The summed E-state index contributed by atoms with van der Waals surface area (Å²) >= 11 is 0. The van der Waals surface area contributed by atoms with E-state index >= 15 is 0 Å². The second-order valence-electron chi connectivity index (χ2n) is 12.4. The SMILES string of the molecule is C=C(CN[C@H](C)CC1(c2nn[nH]n2)c2ccc(C(=C)NCC)cc2CCc2cc(C(=O)NCC)ccc21)NC(C#N)C[C@@H](C)CC. The number of carbonyl (C=O) groups excluding carboxylic acids is 1. The highest BCUT2D eigenvalue weighted by atomic mass is 16.1. The van der Waals surface area contributed by atoms with E-state index in [0.717, 1.165) is 65.9 Å². The van der Waals surface area contributed by atoms with E-state index in [-0.39, 0.29) is 18.0 Å². The van der Waals surface area contributed by atoms with Crippen LogP contribution in [0.3, 0.4) is 0 Å². The van der Waals surface area contributed by atoms with Gasteiger partial charge in [0.15, 0.2) is 5.82 Å². The molecule has 0 saturated carbocycles. The van der Waals surface area contributed by atoms with Crippen molar-refractivity contribution in [3.8, 4) is 6.07 Å². The Hall–Kier alpha value is -4.49. The molecule has 244 valence electrons. The lowest BCUT2D eigenvalue weighted by Gasteiger charge is -2.36. The van der Waals surface area contributed by atoms with Gasteiger partial charge >= 0.3 is 0 Å². The predicted octanol–water partition coefficient (Wildman–Crippen LogP) is 4.76. The van der Waals surface area contributed by atoms with Crippen LogP contribution in [0.1, 0.15) is 97.9 Å². The van der Waals surface area contributed by atoms with Gasteiger partial charge in [-0.1, -0.05) is 56.8 Å². The fraction of sp³-hybridized carbons (Fsp3) is 0.472. The van der Waals surface area contributed by atoms with Gasteiger partial charge in [0.2, 0.25) is 0 Å². The standard InChI is InChI=1S/C36H49N9O/c1-8-23(4)17-31(21-37)41-25(6)22-40-24(5)20-36(35-42-44-45-43-35)32-15-13-27(26(7)38-9-2)18-28(32)11-12-29-19-30(14-16-33(29)36)34(46)39-10-3/h13-16,18-19,23-24,31,38,40-41H,6-12,17,20,22H2,1-5H3,(H,39,46)(H,42,43,44,45)/t23-,24+,31?,36?/m0/s1. The lowest BCUT2D eigenvalue weighted by atomic mass is 9.67. The first-order valence-electron chi connectivity index (χ1n) is 16.5. The van der Waals surface area contributed by atoms with E-state index in [1.807, 2.05) is 19.1 Å². The maximum absolute atomic E-state index is 12.9. The summed E-state index contributed by atoms with van der Waals surface area (Å²) in [5.41, 5.74) is 6.98. The molecule has 46 heavy (non-hydrogen) atoms. The van der Waals surface area contributed by atoms with Crippen LogP contribution < -0.4 is 21.3 Å². The number of amides is 1. The van der Waals surface area contributed by atoms with Gasteiger partial charge in [0.05, 0.1) is 11.5 Å². The summed E-state index contributed by atoms with van der Waals surface area (Å²) in [6.07, 6.45) is 3.94. The molecule has 10 nitrogen and oxygen atoms in total. The van der Waals surface area contributed by atoms with Crippen molar-refractivity contribution in [2.75, 3.05) is 19.6 Å². The van der Waals surface area contributed by atoms with Crippen LogP contribution in [0.15, 0.2) is 55.3 Å². The van der Waals surface area contributed by atoms with Gasteiger partial charge in [-0.15, -0.1) is 10.2 Å². The Kier molecular flexibility index (Phi) is 11.7. The molecule has 0 radical (unpaired) electrons. The fourth-order valence-electron chi connectivity index (χ4n) is 6.49. The normalized spacial score (nSPS) is 17.3. The number of rotatable bonds is 16. The third kappa shape index (κ3) is 7.65. The molecule has 1 aromatic heterocycles. The Bertz CT molecular complexity index is 1490. The Morgan fingerprint density at radius 1 is 1.02 bits per heavy atom. The van der Waals surface area contributed by atoms with Crippen LogP contribution in [0.25, 0.3) is 5.70 Å². The Labute approximate surface area is 273 Å². The Balaban J connectivity index is 1.75. The molecule has 0 spiro atoms. The predicted molar refractivity (Wildman–Crippen MR) is 183 cm³/mol. The number of aromatic amines is 1. The molecule has 4 rings (SSSR count). The summed E-state index contributed by atoms with van der Waals surface area (Å²) in [7, 11) is 0. The quantitative estimate of drug-likeness (QED) is 0.154. The van der Waals surface area contributed by atoms with Gasteiger partial charge in [-0.2, -0.15) is 10.5 Å². The summed E-state index contributed by atoms with van der Waals surface area (Å²) in [4.78, 5) is 12.9. The Morgan fingerprint density at radius 2 is 1.67 bits per heavy atom. The van der Waals surface area contributed by atoms with Crippen LogP contribution in [0.4, 0.5) is 0 Å². The molecule has 4 atom stereocenters. The van der Waals surface area contributed by atoms with Crippen molar-refractivity contribution in [3.05, 3.63) is 94.5 Å². The summed E-state index contributed by atoms with van der Waals surface area (Å²) in [6.45, 7) is 20.7. The molecule has 1 aliphatic rings. The molecule has 0 fully saturated rings. The van der Waals surface area contributed by atoms with Crippen molar-refractivity contribution < 1.29 is 4.79 Å². The molecule has 2 aromatic carbocycles. The zero-order valence-electron chi connectivity index (χ0n) is 28.0. The van der Waals surface area contributed by atoms with Crippen molar-refractivity contribution in [1.29, 1.82) is 5.26 Å². The van der Waals surface area contributed by atoms with Crippen molar-refractivity contribution in [2.24, 2.45) is 5.92 Å². The first kappa shape index (κ1) is 34.4. The minimum Gasteiger partial charge on any atom is -0.385 e. The van der Waals surface area contributed by atoms with E-state index in [1.54, 1.807) is 0 Å².